The second-order valence-corrected chi connectivity index (χ2v) is 11.0. The van der Waals surface area contributed by atoms with Crippen molar-refractivity contribution in [1.29, 1.82) is 0 Å². The lowest BCUT2D eigenvalue weighted by Gasteiger charge is -2.07. The summed E-state index contributed by atoms with van der Waals surface area (Å²) in [7, 11) is 2.37. The van der Waals surface area contributed by atoms with Gasteiger partial charge in [0.2, 0.25) is 0 Å². The van der Waals surface area contributed by atoms with Crippen LogP contribution >= 0.6 is 11.6 Å². The smallest absolute Gasteiger partial charge is 0.359 e. The molecule has 2 heterocycles. The van der Waals surface area contributed by atoms with Crippen molar-refractivity contribution in [3.63, 3.8) is 0 Å². The third kappa shape index (κ3) is 7.57. The Morgan fingerprint density at radius 2 is 1.10 bits per heavy atom. The lowest BCUT2D eigenvalue weighted by molar-refractivity contribution is 0.0586. The van der Waals surface area contributed by atoms with Crippen LogP contribution in [0.15, 0.2) is 72.8 Å². The Balaban J connectivity index is 0.000000194. The molecule has 0 aliphatic heterocycles. The Morgan fingerprint density at radius 1 is 0.660 bits per heavy atom. The number of halogens is 8. The van der Waals surface area contributed by atoms with Gasteiger partial charge in [-0.05, 0) is 48.0 Å². The van der Waals surface area contributed by atoms with E-state index in [0.717, 1.165) is 12.1 Å². The minimum Gasteiger partial charge on any atom is -0.464 e. The van der Waals surface area contributed by atoms with Crippen LogP contribution < -0.4 is 0 Å². The van der Waals surface area contributed by atoms with Gasteiger partial charge in [0.25, 0.3) is 12.9 Å². The van der Waals surface area contributed by atoms with E-state index < -0.39 is 42.2 Å². The van der Waals surface area contributed by atoms with E-state index in [1.54, 1.807) is 0 Å². The van der Waals surface area contributed by atoms with Gasteiger partial charge in [-0.3, -0.25) is 9.36 Å². The van der Waals surface area contributed by atoms with Gasteiger partial charge < -0.3 is 9.47 Å². The van der Waals surface area contributed by atoms with Gasteiger partial charge in [-0.25, -0.2) is 40.3 Å². The molecule has 0 fully saturated rings. The van der Waals surface area contributed by atoms with Gasteiger partial charge in [-0.2, -0.15) is 10.2 Å². The van der Waals surface area contributed by atoms with Crippen molar-refractivity contribution in [1.82, 2.24) is 19.6 Å². The number of alkyl halides is 4. The molecule has 0 spiro atoms. The van der Waals surface area contributed by atoms with Crippen molar-refractivity contribution in [3.05, 3.63) is 129 Å². The summed E-state index contributed by atoms with van der Waals surface area (Å²) in [5.74, 6) is -3.45. The molecule has 6 aromatic rings. The molecule has 260 valence electrons. The van der Waals surface area contributed by atoms with Gasteiger partial charge >= 0.3 is 11.9 Å². The number of methoxy groups -OCH3 is 2. The number of carbonyl (C=O) groups excluding carboxylic acids is 2. The summed E-state index contributed by atoms with van der Waals surface area (Å²) in [5, 5.41) is 9.08. The van der Waals surface area contributed by atoms with Crippen LogP contribution in [0.5, 0.6) is 0 Å². The molecule has 0 unspecified atom stereocenters. The van der Waals surface area contributed by atoms with Crippen LogP contribution in [0.1, 0.15) is 56.1 Å². The predicted octanol–water partition coefficient (Wildman–Crippen LogP) is 8.69. The Bertz CT molecular complexity index is 2070. The van der Waals surface area contributed by atoms with E-state index in [2.05, 4.69) is 19.7 Å². The lowest BCUT2D eigenvalue weighted by Crippen LogP contribution is -2.07. The number of hydrogen-bond donors (Lipinski definition) is 0. The standard InChI is InChI=1S/C17H12ClF3N2O2.C17H12F4N2O2/c1-25-17(24)15-12-5-3-9(16(20)21)6-14(12)23(22-15)8-10-2-4-11(19)7-13(10)18;1-25-17(24)15-12-5-3-9(16(20)21)6-14(12)23(22-15)8-10-2-4-11(18)7-13(10)19/h2*2-7,16H,8H2,1H3. The number of carbonyl (C=O) groups is 2. The summed E-state index contributed by atoms with van der Waals surface area (Å²) in [4.78, 5) is 23.8. The summed E-state index contributed by atoms with van der Waals surface area (Å²) in [6.07, 6.45) is -5.37. The second kappa shape index (κ2) is 15.0. The van der Waals surface area contributed by atoms with Crippen molar-refractivity contribution in [2.24, 2.45) is 0 Å². The molecule has 16 heteroatoms. The van der Waals surface area contributed by atoms with E-state index in [1.165, 1.54) is 78.2 Å². The van der Waals surface area contributed by atoms with Gasteiger partial charge in [0.15, 0.2) is 11.4 Å². The molecule has 0 bridgehead atoms. The monoisotopic (exact) mass is 720 g/mol. The van der Waals surface area contributed by atoms with Crippen LogP contribution in [0, 0.1) is 17.5 Å². The average molecular weight is 721 g/mol. The summed E-state index contributed by atoms with van der Waals surface area (Å²) in [6.45, 7) is -0.0778. The quantitative estimate of drug-likeness (QED) is 0.116. The molecule has 0 amide bonds. The molecule has 6 rings (SSSR count). The summed E-state index contributed by atoms with van der Waals surface area (Å²) >= 11 is 6.02. The van der Waals surface area contributed by atoms with E-state index in [4.69, 9.17) is 11.6 Å². The topological polar surface area (TPSA) is 88.2 Å². The van der Waals surface area contributed by atoms with Crippen LogP contribution in [-0.2, 0) is 22.6 Å². The highest BCUT2D eigenvalue weighted by molar-refractivity contribution is 6.31. The van der Waals surface area contributed by atoms with Crippen LogP contribution in [0.25, 0.3) is 21.8 Å². The Morgan fingerprint density at radius 3 is 1.52 bits per heavy atom. The normalized spacial score (nSPS) is 11.3. The first-order valence-corrected chi connectivity index (χ1v) is 14.8. The number of esters is 2. The fourth-order valence-corrected chi connectivity index (χ4v) is 5.24. The molecular weight excluding hydrogens is 697 g/mol. The molecule has 0 N–H and O–H groups in total. The SMILES string of the molecule is COC(=O)c1nn(Cc2ccc(F)cc2Cl)c2cc(C(F)F)ccc12.COC(=O)c1nn(Cc2ccc(F)cc2F)c2cc(C(F)F)ccc12. The first-order chi connectivity index (χ1) is 23.8. The largest absolute Gasteiger partial charge is 0.464 e. The second-order valence-electron chi connectivity index (χ2n) is 10.6. The Kier molecular flexibility index (Phi) is 10.7. The van der Waals surface area contributed by atoms with Gasteiger partial charge in [0.1, 0.15) is 17.5 Å². The van der Waals surface area contributed by atoms with E-state index in [9.17, 15) is 40.3 Å². The fraction of sp³-hybridized carbons (Fsp3) is 0.176. The fourth-order valence-electron chi connectivity index (χ4n) is 5.01. The van der Waals surface area contributed by atoms with Crippen LogP contribution in [0.4, 0.5) is 30.7 Å². The first kappa shape index (κ1) is 35.9. The van der Waals surface area contributed by atoms with E-state index in [-0.39, 0.29) is 51.7 Å². The maximum absolute atomic E-state index is 13.9. The molecule has 50 heavy (non-hydrogen) atoms. The molecule has 4 aromatic carbocycles. The summed E-state index contributed by atoms with van der Waals surface area (Å²) in [5.41, 5.74) is 0.675. The summed E-state index contributed by atoms with van der Waals surface area (Å²) in [6, 6.07) is 14.5. The maximum atomic E-state index is 13.9. The van der Waals surface area contributed by atoms with E-state index >= 15 is 0 Å². The molecule has 0 aliphatic carbocycles. The molecule has 2 aromatic heterocycles. The molecule has 0 saturated heterocycles. The molecule has 0 aliphatic rings. The van der Waals surface area contributed by atoms with Gasteiger partial charge in [0.05, 0.1) is 38.3 Å². The number of nitrogens with zero attached hydrogens (tertiary/aromatic N) is 4. The molecule has 0 saturated carbocycles. The zero-order chi connectivity index (χ0) is 36.3. The lowest BCUT2D eigenvalue weighted by atomic mass is 10.1. The average Bonchev–Trinajstić information content (AvgIpc) is 3.64. The number of fused-ring (bicyclic) bond motifs is 2. The van der Waals surface area contributed by atoms with Gasteiger partial charge in [-0.1, -0.05) is 35.9 Å². The van der Waals surface area contributed by atoms with Crippen LogP contribution in [-0.4, -0.2) is 45.7 Å². The third-order valence-electron chi connectivity index (χ3n) is 7.48. The molecule has 0 radical (unpaired) electrons. The number of rotatable bonds is 8. The Labute approximate surface area is 283 Å². The molecule has 8 nitrogen and oxygen atoms in total. The van der Waals surface area contributed by atoms with Gasteiger partial charge in [0, 0.05) is 38.6 Å². The van der Waals surface area contributed by atoms with Crippen molar-refractivity contribution in [2.45, 2.75) is 25.9 Å². The predicted molar refractivity (Wildman–Crippen MR) is 168 cm³/mol. The number of ether oxygens (including phenoxy) is 2. The van der Waals surface area contributed by atoms with Crippen molar-refractivity contribution in [3.8, 4) is 0 Å². The van der Waals surface area contributed by atoms with Crippen molar-refractivity contribution >= 4 is 45.3 Å². The van der Waals surface area contributed by atoms with E-state index in [1.807, 2.05) is 0 Å². The Hall–Kier alpha value is -5.44. The molecular formula is C34H24ClF7N4O4. The van der Waals surface area contributed by atoms with Crippen LogP contribution in [0.3, 0.4) is 0 Å². The minimum atomic E-state index is -2.71. The van der Waals surface area contributed by atoms with Crippen molar-refractivity contribution < 1.29 is 49.8 Å². The third-order valence-corrected chi connectivity index (χ3v) is 7.84. The maximum Gasteiger partial charge on any atom is 0.359 e. The zero-order valence-corrected chi connectivity index (χ0v) is 26.7. The highest BCUT2D eigenvalue weighted by atomic mass is 35.5. The number of hydrogen-bond acceptors (Lipinski definition) is 6. The summed E-state index contributed by atoms with van der Waals surface area (Å²) < 4.78 is 104. The van der Waals surface area contributed by atoms with Crippen molar-refractivity contribution in [2.75, 3.05) is 14.2 Å². The first-order valence-electron chi connectivity index (χ1n) is 14.4. The highest BCUT2D eigenvalue weighted by Gasteiger charge is 2.22. The zero-order valence-electron chi connectivity index (χ0n) is 25.9. The number of benzene rings is 4. The number of aromatic nitrogens is 4. The highest BCUT2D eigenvalue weighted by Crippen LogP contribution is 2.29. The van der Waals surface area contributed by atoms with Crippen LogP contribution in [0.2, 0.25) is 5.02 Å². The van der Waals surface area contributed by atoms with Gasteiger partial charge in [-0.15, -0.1) is 0 Å². The minimum absolute atomic E-state index is 0.0107. The molecule has 0 atom stereocenters. The van der Waals surface area contributed by atoms with E-state index in [0.29, 0.717) is 27.9 Å².